The minimum absolute atomic E-state index is 0. The molecule has 10 heteroatoms. The van der Waals surface area contributed by atoms with Gasteiger partial charge in [-0.3, -0.25) is 0 Å². The first-order valence-corrected chi connectivity index (χ1v) is 6.18. The van der Waals surface area contributed by atoms with E-state index in [0.29, 0.717) is 0 Å². The summed E-state index contributed by atoms with van der Waals surface area (Å²) in [5.74, 6) is -3.89. The van der Waals surface area contributed by atoms with Crippen LogP contribution in [0.4, 0.5) is 0 Å². The van der Waals surface area contributed by atoms with Gasteiger partial charge in [0, 0.05) is 0 Å². The molecule has 0 bridgehead atoms. The van der Waals surface area contributed by atoms with E-state index in [4.69, 9.17) is 5.11 Å². The zero-order chi connectivity index (χ0) is 17.9. The van der Waals surface area contributed by atoms with Crippen LogP contribution in [-0.2, 0) is 0 Å². The molecule has 128 valence electrons. The van der Waals surface area contributed by atoms with Crippen LogP contribution in [0.15, 0.2) is 68.4 Å². The zero-order valence-electron chi connectivity index (χ0n) is 12.4. The average Bonchev–Trinajstić information content (AvgIpc) is 3.29. The van der Waals surface area contributed by atoms with Crippen LogP contribution in [-0.4, -0.2) is 46.9 Å². The molecule has 2 radical (unpaired) electrons. The quantitative estimate of drug-likeness (QED) is 0.535. The normalized spacial score (nSPS) is 8.64. The predicted molar refractivity (Wildman–Crippen MR) is 77.5 cm³/mol. The van der Waals surface area contributed by atoms with E-state index in [0.717, 1.165) is 0 Å². The fraction of sp³-hybridized carbons (Fsp3) is 0. The molecule has 9 nitrogen and oxygen atoms in total. The fourth-order valence-electron chi connectivity index (χ4n) is 1.19. The molecule has 1 N–H and O–H groups in total. The second-order valence-electron chi connectivity index (χ2n) is 3.81. The largest absolute Gasteiger partial charge is 2.00 e. The monoisotopic (exact) mass is 454 g/mol. The smallest absolute Gasteiger partial charge is 0.542 e. The number of aromatic carboxylic acids is 3. The Morgan fingerprint density at radius 1 is 0.720 bits per heavy atom. The van der Waals surface area contributed by atoms with Gasteiger partial charge in [0.05, 0.1) is 18.8 Å². The molecule has 0 fully saturated rings. The summed E-state index contributed by atoms with van der Waals surface area (Å²) >= 11 is 0. The van der Waals surface area contributed by atoms with Gasteiger partial charge in [0.15, 0.2) is 0 Å². The summed E-state index contributed by atoms with van der Waals surface area (Å²) < 4.78 is 13.4. The van der Waals surface area contributed by atoms with Crippen molar-refractivity contribution in [3.63, 3.8) is 0 Å². The number of furan rings is 3. The van der Waals surface area contributed by atoms with Crippen molar-refractivity contribution in [1.29, 1.82) is 0 Å². The number of rotatable bonds is 3. The SMILES string of the molecule is O=C(O)c1ccco1.O=C([O-])c1ccco1.O=C([O-])c1ccco1.[Sn+2]. The molecule has 0 amide bonds. The minimum Gasteiger partial charge on any atom is -0.542 e. The van der Waals surface area contributed by atoms with Crippen LogP contribution in [0.3, 0.4) is 0 Å². The molecule has 3 rings (SSSR count). The molecular weight excluding hydrogens is 443 g/mol. The minimum atomic E-state index is -1.28. The first kappa shape index (κ1) is 22.0. The topological polar surface area (TPSA) is 157 Å². The Morgan fingerprint density at radius 2 is 1.04 bits per heavy atom. The van der Waals surface area contributed by atoms with E-state index >= 15 is 0 Å². The van der Waals surface area contributed by atoms with Crippen molar-refractivity contribution < 1.29 is 43.0 Å². The van der Waals surface area contributed by atoms with Gasteiger partial charge in [-0.25, -0.2) is 4.79 Å². The van der Waals surface area contributed by atoms with Gasteiger partial charge in [0.25, 0.3) is 0 Å². The molecule has 0 saturated carbocycles. The van der Waals surface area contributed by atoms with Crippen LogP contribution in [0.1, 0.15) is 31.7 Å². The van der Waals surface area contributed by atoms with Gasteiger partial charge in [-0.1, -0.05) is 0 Å². The predicted octanol–water partition coefficient (Wildman–Crippen LogP) is -0.117. The van der Waals surface area contributed by atoms with Crippen LogP contribution >= 0.6 is 0 Å². The molecule has 0 unspecified atom stereocenters. The van der Waals surface area contributed by atoms with Crippen molar-refractivity contribution in [2.75, 3.05) is 0 Å². The number of carboxylic acid groups (broad SMARTS) is 3. The molecule has 0 aromatic carbocycles. The third-order valence-corrected chi connectivity index (χ3v) is 2.18. The second-order valence-corrected chi connectivity index (χ2v) is 3.81. The maximum absolute atomic E-state index is 9.97. The molecule has 0 spiro atoms. The van der Waals surface area contributed by atoms with E-state index in [2.05, 4.69) is 13.3 Å². The Balaban J connectivity index is 0.000000339. The van der Waals surface area contributed by atoms with Crippen molar-refractivity contribution in [3.8, 4) is 0 Å². The Labute approximate surface area is 157 Å². The van der Waals surface area contributed by atoms with Crippen LogP contribution in [0.25, 0.3) is 0 Å². The fourth-order valence-corrected chi connectivity index (χ4v) is 1.19. The summed E-state index contributed by atoms with van der Waals surface area (Å²) in [6.07, 6.45) is 3.89. The van der Waals surface area contributed by atoms with Gasteiger partial charge in [-0.2, -0.15) is 0 Å². The number of hydrogen-bond donors (Lipinski definition) is 1. The molecular formula is C15H10O9Sn. The molecule has 3 heterocycles. The number of carboxylic acids is 3. The molecule has 0 aliphatic rings. The molecule has 3 aromatic heterocycles. The van der Waals surface area contributed by atoms with Crippen LogP contribution in [0.2, 0.25) is 0 Å². The van der Waals surface area contributed by atoms with Gasteiger partial charge in [-0.15, -0.1) is 0 Å². The second kappa shape index (κ2) is 11.6. The number of hydrogen-bond acceptors (Lipinski definition) is 8. The van der Waals surface area contributed by atoms with Crippen molar-refractivity contribution in [1.82, 2.24) is 0 Å². The van der Waals surface area contributed by atoms with Crippen LogP contribution in [0.5, 0.6) is 0 Å². The summed E-state index contributed by atoms with van der Waals surface area (Å²) in [4.78, 5) is 29.7. The maximum atomic E-state index is 9.97. The van der Waals surface area contributed by atoms with Gasteiger partial charge in [-0.05, 0) is 36.4 Å². The molecule has 0 aliphatic heterocycles. The van der Waals surface area contributed by atoms with Crippen LogP contribution < -0.4 is 10.2 Å². The summed E-state index contributed by atoms with van der Waals surface area (Å²) in [5.41, 5.74) is 0. The zero-order valence-corrected chi connectivity index (χ0v) is 15.3. The molecule has 25 heavy (non-hydrogen) atoms. The molecule has 0 atom stereocenters. The Kier molecular flexibility index (Phi) is 10.2. The van der Waals surface area contributed by atoms with Gasteiger partial charge >= 0.3 is 29.9 Å². The van der Waals surface area contributed by atoms with Gasteiger partial charge < -0.3 is 38.2 Å². The van der Waals surface area contributed by atoms with Crippen molar-refractivity contribution in [3.05, 3.63) is 72.5 Å². The maximum Gasteiger partial charge on any atom is 2.00 e. The summed E-state index contributed by atoms with van der Waals surface area (Å²) in [5, 5.41) is 27.9. The number of carbonyl (C=O) groups is 3. The summed E-state index contributed by atoms with van der Waals surface area (Å²) in [7, 11) is 0. The Morgan fingerprint density at radius 3 is 1.16 bits per heavy atom. The van der Waals surface area contributed by atoms with Crippen molar-refractivity contribution in [2.45, 2.75) is 0 Å². The summed E-state index contributed by atoms with van der Waals surface area (Å²) in [6, 6.07) is 8.56. The Bertz CT molecular complexity index is 638. The van der Waals surface area contributed by atoms with E-state index in [-0.39, 0.29) is 41.2 Å². The van der Waals surface area contributed by atoms with E-state index in [9.17, 15) is 24.6 Å². The third-order valence-electron chi connectivity index (χ3n) is 2.18. The van der Waals surface area contributed by atoms with Gasteiger partial charge in [0.1, 0.15) is 23.5 Å². The molecule has 0 saturated heterocycles. The van der Waals surface area contributed by atoms with E-state index in [1.807, 2.05) is 0 Å². The van der Waals surface area contributed by atoms with E-state index in [1.54, 1.807) is 0 Å². The van der Waals surface area contributed by atoms with E-state index < -0.39 is 17.9 Å². The van der Waals surface area contributed by atoms with Crippen LogP contribution in [0, 0.1) is 0 Å². The Hall–Kier alpha value is -2.95. The summed E-state index contributed by atoms with van der Waals surface area (Å²) in [6.45, 7) is 0. The van der Waals surface area contributed by atoms with Gasteiger partial charge in [0.2, 0.25) is 5.76 Å². The first-order chi connectivity index (χ1) is 11.4. The van der Waals surface area contributed by atoms with Crippen molar-refractivity contribution >= 4 is 41.8 Å². The van der Waals surface area contributed by atoms with E-state index in [1.165, 1.54) is 55.2 Å². The molecule has 3 aromatic rings. The molecule has 0 aliphatic carbocycles. The average molecular weight is 453 g/mol. The standard InChI is InChI=1S/3C5H4O3.Sn/c3*6-5(7)4-2-1-3-8-4;/h3*1-3H,(H,6,7);/q;;;+2/p-2. The first-order valence-electron chi connectivity index (χ1n) is 6.18. The van der Waals surface area contributed by atoms with Crippen molar-refractivity contribution in [2.24, 2.45) is 0 Å². The number of carbonyl (C=O) groups excluding carboxylic acids is 2. The third kappa shape index (κ3) is 8.46.